The van der Waals surface area contributed by atoms with Gasteiger partial charge < -0.3 is 19.4 Å². The second-order valence-corrected chi connectivity index (χ2v) is 7.59. The zero-order valence-corrected chi connectivity index (χ0v) is 15.6. The van der Waals surface area contributed by atoms with Gasteiger partial charge in [0.2, 0.25) is 5.95 Å². The first-order valence-electron chi connectivity index (χ1n) is 9.54. The second kappa shape index (κ2) is 7.23. The highest BCUT2D eigenvalue weighted by atomic mass is 16.5. The third-order valence-electron chi connectivity index (χ3n) is 5.34. The normalized spacial score (nSPS) is 23.7. The Morgan fingerprint density at radius 1 is 1.04 bits per heavy atom. The van der Waals surface area contributed by atoms with Gasteiger partial charge in [0.25, 0.3) is 0 Å². The zero-order valence-electron chi connectivity index (χ0n) is 15.6. The third-order valence-corrected chi connectivity index (χ3v) is 5.34. The lowest BCUT2D eigenvalue weighted by Crippen LogP contribution is -2.32. The van der Waals surface area contributed by atoms with E-state index in [0.29, 0.717) is 13.0 Å². The average Bonchev–Trinajstić information content (AvgIpc) is 3.21. The van der Waals surface area contributed by atoms with Crippen molar-refractivity contribution >= 4 is 11.8 Å². The summed E-state index contributed by atoms with van der Waals surface area (Å²) in [5.74, 6) is 2.69. The SMILES string of the molecule is Cc1cc(C[C@@H]2CN(c3cc(C)nc(N4CCCCC4)n3)C[C@H]2O)on1. The number of hydrogen-bond donors (Lipinski definition) is 1. The van der Waals surface area contributed by atoms with E-state index in [1.807, 2.05) is 26.0 Å². The van der Waals surface area contributed by atoms with Crippen molar-refractivity contribution < 1.29 is 9.63 Å². The molecule has 4 heterocycles. The van der Waals surface area contributed by atoms with E-state index in [4.69, 9.17) is 9.51 Å². The van der Waals surface area contributed by atoms with Crippen molar-refractivity contribution in [2.24, 2.45) is 5.92 Å². The molecule has 0 radical (unpaired) electrons. The van der Waals surface area contributed by atoms with E-state index < -0.39 is 6.10 Å². The second-order valence-electron chi connectivity index (χ2n) is 7.59. The largest absolute Gasteiger partial charge is 0.391 e. The van der Waals surface area contributed by atoms with Crippen molar-refractivity contribution in [3.05, 3.63) is 29.3 Å². The van der Waals surface area contributed by atoms with Crippen LogP contribution in [-0.4, -0.2) is 52.5 Å². The topological polar surface area (TPSA) is 78.5 Å². The smallest absolute Gasteiger partial charge is 0.227 e. The molecule has 0 spiro atoms. The van der Waals surface area contributed by atoms with Gasteiger partial charge in [0.05, 0.1) is 11.8 Å². The molecule has 0 unspecified atom stereocenters. The molecule has 26 heavy (non-hydrogen) atoms. The van der Waals surface area contributed by atoms with E-state index in [-0.39, 0.29) is 5.92 Å². The van der Waals surface area contributed by atoms with Crippen LogP contribution in [0.5, 0.6) is 0 Å². The predicted octanol–water partition coefficient (Wildman–Crippen LogP) is 2.11. The van der Waals surface area contributed by atoms with Crippen LogP contribution < -0.4 is 9.80 Å². The minimum Gasteiger partial charge on any atom is -0.391 e. The molecule has 2 aromatic rings. The summed E-state index contributed by atoms with van der Waals surface area (Å²) >= 11 is 0. The van der Waals surface area contributed by atoms with Gasteiger partial charge in [0.15, 0.2) is 0 Å². The Bertz CT molecular complexity index is 756. The summed E-state index contributed by atoms with van der Waals surface area (Å²) in [6.45, 7) is 7.33. The maximum absolute atomic E-state index is 10.5. The van der Waals surface area contributed by atoms with Crippen LogP contribution in [-0.2, 0) is 6.42 Å². The molecule has 7 heteroatoms. The van der Waals surface area contributed by atoms with E-state index >= 15 is 0 Å². The highest BCUT2D eigenvalue weighted by Gasteiger charge is 2.33. The standard InChI is InChI=1S/C19H27N5O2/c1-13-9-18(21-19(20-13)23-6-4-3-5-7-23)24-11-15(17(25)12-24)10-16-8-14(2)22-26-16/h8-9,15,17,25H,3-7,10-12H2,1-2H3/t15-,17-/m1/s1. The Balaban J connectivity index is 1.49. The van der Waals surface area contributed by atoms with Gasteiger partial charge in [-0.2, -0.15) is 4.98 Å². The number of hydrogen-bond acceptors (Lipinski definition) is 7. The van der Waals surface area contributed by atoms with Crippen molar-refractivity contribution in [2.75, 3.05) is 36.0 Å². The van der Waals surface area contributed by atoms with Crippen LogP contribution in [0.15, 0.2) is 16.7 Å². The summed E-state index contributed by atoms with van der Waals surface area (Å²) in [4.78, 5) is 13.9. The lowest BCUT2D eigenvalue weighted by molar-refractivity contribution is 0.143. The summed E-state index contributed by atoms with van der Waals surface area (Å²) in [6.07, 6.45) is 3.99. The van der Waals surface area contributed by atoms with Crippen molar-refractivity contribution in [2.45, 2.75) is 45.6 Å². The summed E-state index contributed by atoms with van der Waals surface area (Å²) in [5.41, 5.74) is 1.85. The van der Waals surface area contributed by atoms with Crippen LogP contribution in [0.2, 0.25) is 0 Å². The first kappa shape index (κ1) is 17.3. The van der Waals surface area contributed by atoms with Gasteiger partial charge in [-0.3, -0.25) is 0 Å². The van der Waals surface area contributed by atoms with Gasteiger partial charge in [-0.15, -0.1) is 0 Å². The quantitative estimate of drug-likeness (QED) is 0.898. The number of aryl methyl sites for hydroxylation is 2. The Morgan fingerprint density at radius 3 is 2.58 bits per heavy atom. The number of aliphatic hydroxyl groups is 1. The zero-order chi connectivity index (χ0) is 18.1. The number of anilines is 2. The first-order chi connectivity index (χ1) is 12.6. The monoisotopic (exact) mass is 357 g/mol. The van der Waals surface area contributed by atoms with Gasteiger partial charge in [-0.1, -0.05) is 5.16 Å². The Labute approximate surface area is 154 Å². The minimum atomic E-state index is -0.394. The Hall–Kier alpha value is -2.15. The molecule has 0 aliphatic carbocycles. The first-order valence-corrected chi connectivity index (χ1v) is 9.54. The van der Waals surface area contributed by atoms with Crippen LogP contribution in [0.1, 0.15) is 36.4 Å². The van der Waals surface area contributed by atoms with Crippen molar-refractivity contribution in [3.63, 3.8) is 0 Å². The summed E-state index contributed by atoms with van der Waals surface area (Å²) in [6, 6.07) is 3.96. The molecule has 140 valence electrons. The van der Waals surface area contributed by atoms with E-state index in [1.165, 1.54) is 19.3 Å². The fourth-order valence-electron chi connectivity index (χ4n) is 3.95. The fraction of sp³-hybridized carbons (Fsp3) is 0.632. The maximum Gasteiger partial charge on any atom is 0.227 e. The Morgan fingerprint density at radius 2 is 1.85 bits per heavy atom. The molecule has 2 aromatic heterocycles. The summed E-state index contributed by atoms with van der Waals surface area (Å²) in [5, 5.41) is 14.5. The fourth-order valence-corrected chi connectivity index (χ4v) is 3.95. The van der Waals surface area contributed by atoms with Crippen molar-refractivity contribution in [1.29, 1.82) is 0 Å². The summed E-state index contributed by atoms with van der Waals surface area (Å²) in [7, 11) is 0. The van der Waals surface area contributed by atoms with E-state index in [9.17, 15) is 5.11 Å². The van der Waals surface area contributed by atoms with Gasteiger partial charge in [0, 0.05) is 56.3 Å². The molecule has 1 N–H and O–H groups in total. The number of aliphatic hydroxyl groups excluding tert-OH is 1. The van der Waals surface area contributed by atoms with Crippen LogP contribution in [0.25, 0.3) is 0 Å². The van der Waals surface area contributed by atoms with E-state index in [2.05, 4.69) is 19.9 Å². The maximum atomic E-state index is 10.5. The highest BCUT2D eigenvalue weighted by Crippen LogP contribution is 2.28. The van der Waals surface area contributed by atoms with Crippen LogP contribution in [0.3, 0.4) is 0 Å². The van der Waals surface area contributed by atoms with E-state index in [1.54, 1.807) is 0 Å². The van der Waals surface area contributed by atoms with Gasteiger partial charge in [-0.25, -0.2) is 4.98 Å². The number of β-amino-alcohol motifs (C(OH)–C–C–N with tert-alkyl or cyclic N) is 1. The molecule has 2 atom stereocenters. The number of piperidine rings is 1. The summed E-state index contributed by atoms with van der Waals surface area (Å²) < 4.78 is 5.32. The molecular weight excluding hydrogens is 330 g/mol. The number of aromatic nitrogens is 3. The lowest BCUT2D eigenvalue weighted by atomic mass is 10.0. The number of nitrogens with zero attached hydrogens (tertiary/aromatic N) is 5. The molecule has 0 bridgehead atoms. The molecule has 2 saturated heterocycles. The average molecular weight is 357 g/mol. The molecule has 0 saturated carbocycles. The molecule has 0 aromatic carbocycles. The predicted molar refractivity (Wildman–Crippen MR) is 99.5 cm³/mol. The molecular formula is C19H27N5O2. The third kappa shape index (κ3) is 3.67. The van der Waals surface area contributed by atoms with Crippen LogP contribution >= 0.6 is 0 Å². The van der Waals surface area contributed by atoms with Crippen LogP contribution in [0.4, 0.5) is 11.8 Å². The van der Waals surface area contributed by atoms with Gasteiger partial charge in [-0.05, 0) is 33.1 Å². The lowest BCUT2D eigenvalue weighted by Gasteiger charge is -2.28. The Kier molecular flexibility index (Phi) is 4.80. The molecule has 2 fully saturated rings. The molecule has 2 aliphatic rings. The molecule has 4 rings (SSSR count). The molecule has 0 amide bonds. The van der Waals surface area contributed by atoms with Crippen molar-refractivity contribution in [1.82, 2.24) is 15.1 Å². The number of rotatable bonds is 4. The van der Waals surface area contributed by atoms with Crippen molar-refractivity contribution in [3.8, 4) is 0 Å². The molecule has 7 nitrogen and oxygen atoms in total. The highest BCUT2D eigenvalue weighted by molar-refractivity contribution is 5.47. The van der Waals surface area contributed by atoms with E-state index in [0.717, 1.165) is 48.5 Å². The molecule has 2 aliphatic heterocycles. The van der Waals surface area contributed by atoms with Gasteiger partial charge >= 0.3 is 0 Å². The van der Waals surface area contributed by atoms with Gasteiger partial charge in [0.1, 0.15) is 11.6 Å². The minimum absolute atomic E-state index is 0.121. The van der Waals surface area contributed by atoms with Crippen LogP contribution in [0, 0.1) is 19.8 Å².